The van der Waals surface area contributed by atoms with Crippen LogP contribution in [-0.2, 0) is 13.2 Å². The molecule has 0 spiro atoms. The van der Waals surface area contributed by atoms with Gasteiger partial charge >= 0.3 is 0 Å². The number of hydrogen-bond acceptors (Lipinski definition) is 4. The van der Waals surface area contributed by atoms with Crippen molar-refractivity contribution in [2.75, 3.05) is 7.05 Å². The van der Waals surface area contributed by atoms with Crippen LogP contribution >= 0.6 is 12.2 Å². The number of halogens is 1. The van der Waals surface area contributed by atoms with Gasteiger partial charge in [0.15, 0.2) is 12.8 Å². The molecule has 1 heterocycles. The predicted molar refractivity (Wildman–Crippen MR) is 97.8 cm³/mol. The molecule has 1 unspecified atom stereocenters. The molecule has 0 bridgehead atoms. The highest BCUT2D eigenvalue weighted by molar-refractivity contribution is 7.71. The van der Waals surface area contributed by atoms with Gasteiger partial charge in [0.05, 0.1) is 7.05 Å². The zero-order valence-electron chi connectivity index (χ0n) is 14.7. The van der Waals surface area contributed by atoms with Crippen molar-refractivity contribution in [1.29, 1.82) is 0 Å². The van der Waals surface area contributed by atoms with Crippen molar-refractivity contribution in [1.82, 2.24) is 9.78 Å². The van der Waals surface area contributed by atoms with E-state index in [2.05, 4.69) is 24.3 Å². The van der Waals surface area contributed by atoms with Crippen LogP contribution < -0.4 is 9.64 Å². The lowest BCUT2D eigenvalue weighted by Gasteiger charge is -2.13. The number of hydrogen-bond donors (Lipinski definition) is 1. The molecule has 2 atom stereocenters. The fourth-order valence-electron chi connectivity index (χ4n) is 2.61. The average Bonchev–Trinajstić information content (AvgIpc) is 2.98. The molecule has 0 aliphatic rings. The Balaban J connectivity index is 1.64. The van der Waals surface area contributed by atoms with E-state index in [9.17, 15) is 4.39 Å². The molecule has 0 saturated carbocycles. The van der Waals surface area contributed by atoms with Crippen molar-refractivity contribution in [2.45, 2.75) is 26.2 Å². The van der Waals surface area contributed by atoms with Gasteiger partial charge in [-0.05, 0) is 43.4 Å². The van der Waals surface area contributed by atoms with Gasteiger partial charge in [0.25, 0.3) is 10.7 Å². The number of nitrogens with zero attached hydrogens (tertiary/aromatic N) is 2. The Labute approximate surface area is 156 Å². The molecule has 1 aromatic heterocycles. The quantitative estimate of drug-likeness (QED) is 0.646. The standard InChI is InChI=1S/C19H20FN3O2S/c1-14(24-17-10-8-16(20)9-11-17)18-21-23(19(26)25-18)13-22(2)12-15-6-4-3-5-7-15/h3-11,14H,12-13H2,1-2H3/p+1/t14-/m1/s1. The summed E-state index contributed by atoms with van der Waals surface area (Å²) in [6, 6.07) is 16.1. The molecular formula is C19H21FN3O2S+. The Morgan fingerprint density at radius 1 is 1.19 bits per heavy atom. The lowest BCUT2D eigenvalue weighted by atomic mass is 10.2. The lowest BCUT2D eigenvalue weighted by molar-refractivity contribution is -0.917. The summed E-state index contributed by atoms with van der Waals surface area (Å²) in [5.74, 6) is 0.629. The van der Waals surface area contributed by atoms with Crippen molar-refractivity contribution in [3.8, 4) is 5.75 Å². The first-order chi connectivity index (χ1) is 12.5. The van der Waals surface area contributed by atoms with E-state index in [0.29, 0.717) is 23.1 Å². The summed E-state index contributed by atoms with van der Waals surface area (Å²) in [6.07, 6.45) is -0.433. The fourth-order valence-corrected chi connectivity index (χ4v) is 2.80. The van der Waals surface area contributed by atoms with Gasteiger partial charge < -0.3 is 14.1 Å². The summed E-state index contributed by atoms with van der Waals surface area (Å²) in [4.78, 5) is 1.53. The minimum atomic E-state index is -0.433. The monoisotopic (exact) mass is 374 g/mol. The zero-order chi connectivity index (χ0) is 18.5. The number of ether oxygens (including phenoxy) is 1. The zero-order valence-corrected chi connectivity index (χ0v) is 15.5. The lowest BCUT2D eigenvalue weighted by Crippen LogP contribution is -3.07. The highest BCUT2D eigenvalue weighted by Crippen LogP contribution is 2.20. The van der Waals surface area contributed by atoms with Gasteiger partial charge in [-0.15, -0.1) is 5.10 Å². The molecule has 0 aliphatic heterocycles. The molecule has 0 fully saturated rings. The van der Waals surface area contributed by atoms with Gasteiger partial charge in [-0.3, -0.25) is 0 Å². The van der Waals surface area contributed by atoms with E-state index in [1.165, 1.54) is 22.6 Å². The van der Waals surface area contributed by atoms with E-state index in [0.717, 1.165) is 6.54 Å². The van der Waals surface area contributed by atoms with Crippen LogP contribution in [0.25, 0.3) is 0 Å². The Hall–Kier alpha value is -2.51. The maximum absolute atomic E-state index is 13.0. The molecule has 3 aromatic rings. The molecule has 2 aromatic carbocycles. The number of nitrogens with one attached hydrogen (secondary N) is 1. The minimum absolute atomic E-state index is 0.307. The average molecular weight is 374 g/mol. The second-order valence-electron chi connectivity index (χ2n) is 6.20. The third-order valence-electron chi connectivity index (χ3n) is 3.86. The molecule has 0 saturated heterocycles. The van der Waals surface area contributed by atoms with E-state index in [1.807, 2.05) is 25.1 Å². The first-order valence-corrected chi connectivity index (χ1v) is 8.77. The van der Waals surface area contributed by atoms with Gasteiger partial charge in [0.1, 0.15) is 18.1 Å². The van der Waals surface area contributed by atoms with Gasteiger partial charge in [-0.25, -0.2) is 4.39 Å². The van der Waals surface area contributed by atoms with E-state index < -0.39 is 6.10 Å². The number of rotatable bonds is 7. The Kier molecular flexibility index (Phi) is 5.80. The number of benzene rings is 2. The first-order valence-electron chi connectivity index (χ1n) is 8.36. The molecule has 0 radical (unpaired) electrons. The normalized spacial score (nSPS) is 13.3. The number of aromatic nitrogens is 2. The third kappa shape index (κ3) is 4.77. The molecular weight excluding hydrogens is 353 g/mol. The molecule has 26 heavy (non-hydrogen) atoms. The third-order valence-corrected chi connectivity index (χ3v) is 4.16. The Morgan fingerprint density at radius 3 is 2.58 bits per heavy atom. The summed E-state index contributed by atoms with van der Waals surface area (Å²) >= 11 is 5.27. The maximum Gasteiger partial charge on any atom is 0.292 e. The molecule has 136 valence electrons. The maximum atomic E-state index is 13.0. The Bertz CT molecular complexity index is 893. The highest BCUT2D eigenvalue weighted by atomic mass is 32.1. The van der Waals surface area contributed by atoms with Crippen LogP contribution in [0.3, 0.4) is 0 Å². The molecule has 0 amide bonds. The van der Waals surface area contributed by atoms with Crippen LogP contribution in [0, 0.1) is 10.7 Å². The number of quaternary nitrogens is 1. The molecule has 0 aliphatic carbocycles. The summed E-state index contributed by atoms with van der Waals surface area (Å²) < 4.78 is 25.9. The molecule has 3 rings (SSSR count). The van der Waals surface area contributed by atoms with Gasteiger partial charge in [-0.1, -0.05) is 30.3 Å². The van der Waals surface area contributed by atoms with Crippen molar-refractivity contribution in [2.24, 2.45) is 0 Å². The second-order valence-corrected chi connectivity index (χ2v) is 6.55. The van der Waals surface area contributed by atoms with E-state index in [1.54, 1.807) is 16.8 Å². The van der Waals surface area contributed by atoms with E-state index >= 15 is 0 Å². The largest absolute Gasteiger partial charge is 0.481 e. The van der Waals surface area contributed by atoms with Crippen molar-refractivity contribution < 1.29 is 18.4 Å². The Morgan fingerprint density at radius 2 is 1.88 bits per heavy atom. The SMILES string of the molecule is C[C@@H](Oc1ccc(F)cc1)c1nn(C[NH+](C)Cc2ccccc2)c(=S)o1. The van der Waals surface area contributed by atoms with Crippen molar-refractivity contribution in [3.05, 3.63) is 76.7 Å². The smallest absolute Gasteiger partial charge is 0.292 e. The van der Waals surface area contributed by atoms with E-state index in [4.69, 9.17) is 21.4 Å². The van der Waals surface area contributed by atoms with Crippen molar-refractivity contribution >= 4 is 12.2 Å². The van der Waals surface area contributed by atoms with Crippen LogP contribution in [0.2, 0.25) is 0 Å². The molecule has 7 heteroatoms. The topological polar surface area (TPSA) is 44.6 Å². The second kappa shape index (κ2) is 8.25. The van der Waals surface area contributed by atoms with Crippen LogP contribution in [0.15, 0.2) is 59.0 Å². The summed E-state index contributed by atoms with van der Waals surface area (Å²) in [5.41, 5.74) is 1.24. The predicted octanol–water partition coefficient (Wildman–Crippen LogP) is 3.16. The van der Waals surface area contributed by atoms with Gasteiger partial charge in [0, 0.05) is 5.56 Å². The molecule has 5 nitrogen and oxygen atoms in total. The fraction of sp³-hybridized carbons (Fsp3) is 0.263. The highest BCUT2D eigenvalue weighted by Gasteiger charge is 2.17. The summed E-state index contributed by atoms with van der Waals surface area (Å²) in [6.45, 7) is 3.25. The van der Waals surface area contributed by atoms with Crippen LogP contribution in [-0.4, -0.2) is 16.8 Å². The van der Waals surface area contributed by atoms with Gasteiger partial charge in [-0.2, -0.15) is 4.68 Å². The summed E-state index contributed by atoms with van der Waals surface area (Å²) in [7, 11) is 2.07. The van der Waals surface area contributed by atoms with Crippen LogP contribution in [0.5, 0.6) is 5.75 Å². The summed E-state index contributed by atoms with van der Waals surface area (Å²) in [5, 5.41) is 4.43. The van der Waals surface area contributed by atoms with E-state index in [-0.39, 0.29) is 5.82 Å². The first kappa shape index (κ1) is 18.3. The van der Waals surface area contributed by atoms with Gasteiger partial charge in [0.2, 0.25) is 0 Å². The minimum Gasteiger partial charge on any atom is -0.481 e. The molecule has 1 N–H and O–H groups in total. The van der Waals surface area contributed by atoms with Crippen LogP contribution in [0.4, 0.5) is 4.39 Å². The van der Waals surface area contributed by atoms with Crippen LogP contribution in [0.1, 0.15) is 24.5 Å². The van der Waals surface area contributed by atoms with Crippen molar-refractivity contribution in [3.63, 3.8) is 0 Å².